The Labute approximate surface area is 106 Å². The van der Waals surface area contributed by atoms with Crippen LogP contribution in [0.2, 0.25) is 0 Å². The number of aryl methyl sites for hydroxylation is 1. The predicted molar refractivity (Wildman–Crippen MR) is 69.9 cm³/mol. The first-order chi connectivity index (χ1) is 8.81. The molecule has 1 aromatic carbocycles. The normalized spacial score (nSPS) is 10.8. The van der Waals surface area contributed by atoms with E-state index in [0.717, 1.165) is 22.3 Å². The molecule has 96 valence electrons. The van der Waals surface area contributed by atoms with Crippen molar-refractivity contribution in [3.63, 3.8) is 0 Å². The lowest BCUT2D eigenvalue weighted by Crippen LogP contribution is -2.09. The molecule has 0 unspecified atom stereocenters. The number of para-hydroxylation sites is 1. The van der Waals surface area contributed by atoms with Gasteiger partial charge in [0.25, 0.3) is 0 Å². The third-order valence-electron chi connectivity index (χ3n) is 2.54. The van der Waals surface area contributed by atoms with Gasteiger partial charge < -0.3 is 14.6 Å². The number of hydrogen-bond acceptors (Lipinski definition) is 4. The van der Waals surface area contributed by atoms with E-state index in [4.69, 9.17) is 14.6 Å². The maximum atomic E-state index is 8.58. The van der Waals surface area contributed by atoms with Crippen LogP contribution in [0.1, 0.15) is 5.69 Å². The lowest BCUT2D eigenvalue weighted by molar-refractivity contribution is 0.0708. The second kappa shape index (κ2) is 6.33. The van der Waals surface area contributed by atoms with Gasteiger partial charge in [-0.05, 0) is 19.1 Å². The van der Waals surface area contributed by atoms with Crippen molar-refractivity contribution in [3.8, 4) is 5.75 Å². The molecule has 2 aromatic rings. The number of hydrogen-bond donors (Lipinski definition) is 1. The second-order valence-corrected chi connectivity index (χ2v) is 3.96. The Morgan fingerprint density at radius 2 is 2.00 bits per heavy atom. The SMILES string of the molecule is Cc1ccc2cccc(OCCOCCO)c2n1. The minimum absolute atomic E-state index is 0.0367. The Bertz CT molecular complexity index is 513. The highest BCUT2D eigenvalue weighted by atomic mass is 16.5. The summed E-state index contributed by atoms with van der Waals surface area (Å²) >= 11 is 0. The Morgan fingerprint density at radius 3 is 2.83 bits per heavy atom. The quantitative estimate of drug-likeness (QED) is 0.792. The summed E-state index contributed by atoms with van der Waals surface area (Å²) in [6.07, 6.45) is 0. The zero-order valence-electron chi connectivity index (χ0n) is 10.4. The standard InChI is InChI=1S/C14H17NO3/c1-11-5-6-12-3-2-4-13(14(12)15-11)18-10-9-17-8-7-16/h2-6,16H,7-10H2,1H3. The fraction of sp³-hybridized carbons (Fsp3) is 0.357. The number of ether oxygens (including phenoxy) is 2. The average molecular weight is 247 g/mol. The molecule has 4 nitrogen and oxygen atoms in total. The third-order valence-corrected chi connectivity index (χ3v) is 2.54. The molecule has 0 bridgehead atoms. The fourth-order valence-electron chi connectivity index (χ4n) is 1.71. The molecule has 4 heteroatoms. The zero-order valence-corrected chi connectivity index (χ0v) is 10.4. The second-order valence-electron chi connectivity index (χ2n) is 3.96. The van der Waals surface area contributed by atoms with Crippen LogP contribution in [0.25, 0.3) is 10.9 Å². The van der Waals surface area contributed by atoms with Gasteiger partial charge in [0.05, 0.1) is 19.8 Å². The first kappa shape index (κ1) is 12.8. The molecule has 1 aromatic heterocycles. The monoisotopic (exact) mass is 247 g/mol. The van der Waals surface area contributed by atoms with E-state index in [1.165, 1.54) is 0 Å². The molecule has 0 aliphatic carbocycles. The molecule has 0 spiro atoms. The highest BCUT2D eigenvalue weighted by molar-refractivity contribution is 5.84. The van der Waals surface area contributed by atoms with Crippen LogP contribution < -0.4 is 4.74 Å². The maximum absolute atomic E-state index is 8.58. The topological polar surface area (TPSA) is 51.6 Å². The summed E-state index contributed by atoms with van der Waals surface area (Å²) in [7, 11) is 0. The van der Waals surface area contributed by atoms with E-state index >= 15 is 0 Å². The number of benzene rings is 1. The number of fused-ring (bicyclic) bond motifs is 1. The van der Waals surface area contributed by atoms with Gasteiger partial charge in [-0.2, -0.15) is 0 Å². The van der Waals surface area contributed by atoms with Crippen molar-refractivity contribution in [1.29, 1.82) is 0 Å². The number of aliphatic hydroxyl groups is 1. The molecule has 0 radical (unpaired) electrons. The van der Waals surface area contributed by atoms with Crippen LogP contribution in [-0.2, 0) is 4.74 Å². The Balaban J connectivity index is 2.05. The van der Waals surface area contributed by atoms with E-state index in [1.807, 2.05) is 37.3 Å². The molecular weight excluding hydrogens is 230 g/mol. The lowest BCUT2D eigenvalue weighted by atomic mass is 10.2. The summed E-state index contributed by atoms with van der Waals surface area (Å²) in [5.74, 6) is 0.767. The largest absolute Gasteiger partial charge is 0.489 e. The van der Waals surface area contributed by atoms with E-state index in [0.29, 0.717) is 19.8 Å². The van der Waals surface area contributed by atoms with Gasteiger partial charge in [0, 0.05) is 11.1 Å². The molecule has 0 amide bonds. The molecule has 18 heavy (non-hydrogen) atoms. The van der Waals surface area contributed by atoms with E-state index in [1.54, 1.807) is 0 Å². The molecule has 2 rings (SSSR count). The van der Waals surface area contributed by atoms with Crippen molar-refractivity contribution in [2.45, 2.75) is 6.92 Å². The summed E-state index contributed by atoms with van der Waals surface area (Å²) in [5.41, 5.74) is 1.84. The van der Waals surface area contributed by atoms with Gasteiger partial charge in [-0.25, -0.2) is 4.98 Å². The van der Waals surface area contributed by atoms with Crippen molar-refractivity contribution < 1.29 is 14.6 Å². The molecule has 0 saturated carbocycles. The summed E-state index contributed by atoms with van der Waals surface area (Å²) in [4.78, 5) is 4.48. The Hall–Kier alpha value is -1.65. The van der Waals surface area contributed by atoms with Gasteiger partial charge in [-0.15, -0.1) is 0 Å². The number of rotatable bonds is 6. The van der Waals surface area contributed by atoms with Gasteiger partial charge in [-0.1, -0.05) is 18.2 Å². The lowest BCUT2D eigenvalue weighted by Gasteiger charge is -2.09. The van der Waals surface area contributed by atoms with E-state index in [9.17, 15) is 0 Å². The molecule has 1 N–H and O–H groups in total. The first-order valence-corrected chi connectivity index (χ1v) is 5.99. The minimum Gasteiger partial charge on any atom is -0.489 e. The number of nitrogens with zero attached hydrogens (tertiary/aromatic N) is 1. The summed E-state index contributed by atoms with van der Waals surface area (Å²) in [5, 5.41) is 9.64. The number of pyridine rings is 1. The predicted octanol–water partition coefficient (Wildman–Crippen LogP) is 1.93. The maximum Gasteiger partial charge on any atom is 0.145 e. The number of aliphatic hydroxyl groups excluding tert-OH is 1. The van der Waals surface area contributed by atoms with Crippen molar-refractivity contribution in [2.75, 3.05) is 26.4 Å². The highest BCUT2D eigenvalue weighted by Gasteiger charge is 2.03. The molecule has 0 fully saturated rings. The molecule has 0 atom stereocenters. The fourth-order valence-corrected chi connectivity index (χ4v) is 1.71. The smallest absolute Gasteiger partial charge is 0.145 e. The van der Waals surface area contributed by atoms with Crippen LogP contribution in [0.3, 0.4) is 0 Å². The van der Waals surface area contributed by atoms with E-state index in [-0.39, 0.29) is 6.61 Å². The van der Waals surface area contributed by atoms with Crippen molar-refractivity contribution in [2.24, 2.45) is 0 Å². The highest BCUT2D eigenvalue weighted by Crippen LogP contribution is 2.23. The average Bonchev–Trinajstić information content (AvgIpc) is 2.39. The van der Waals surface area contributed by atoms with Crippen LogP contribution in [0.4, 0.5) is 0 Å². The van der Waals surface area contributed by atoms with Crippen LogP contribution in [-0.4, -0.2) is 36.5 Å². The van der Waals surface area contributed by atoms with Crippen molar-refractivity contribution in [1.82, 2.24) is 4.98 Å². The van der Waals surface area contributed by atoms with Crippen molar-refractivity contribution >= 4 is 10.9 Å². The Kier molecular flexibility index (Phi) is 4.50. The molecule has 0 aliphatic rings. The van der Waals surface area contributed by atoms with Crippen LogP contribution in [0, 0.1) is 6.92 Å². The molecular formula is C14H17NO3. The summed E-state index contributed by atoms with van der Waals surface area (Å²) < 4.78 is 10.8. The van der Waals surface area contributed by atoms with Gasteiger partial charge in [0.1, 0.15) is 17.9 Å². The van der Waals surface area contributed by atoms with Gasteiger partial charge in [0.15, 0.2) is 0 Å². The molecule has 0 aliphatic heterocycles. The van der Waals surface area contributed by atoms with Crippen LogP contribution in [0.5, 0.6) is 5.75 Å². The Morgan fingerprint density at radius 1 is 1.11 bits per heavy atom. The van der Waals surface area contributed by atoms with Crippen LogP contribution >= 0.6 is 0 Å². The summed E-state index contributed by atoms with van der Waals surface area (Å²) in [6, 6.07) is 9.88. The molecule has 0 saturated heterocycles. The first-order valence-electron chi connectivity index (χ1n) is 5.99. The van der Waals surface area contributed by atoms with Gasteiger partial charge in [0.2, 0.25) is 0 Å². The summed E-state index contributed by atoms with van der Waals surface area (Å²) in [6.45, 7) is 3.25. The zero-order chi connectivity index (χ0) is 12.8. The van der Waals surface area contributed by atoms with E-state index < -0.39 is 0 Å². The number of aromatic nitrogens is 1. The molecule has 1 heterocycles. The van der Waals surface area contributed by atoms with Gasteiger partial charge >= 0.3 is 0 Å². The van der Waals surface area contributed by atoms with Crippen molar-refractivity contribution in [3.05, 3.63) is 36.0 Å². The van der Waals surface area contributed by atoms with E-state index in [2.05, 4.69) is 4.98 Å². The van der Waals surface area contributed by atoms with Crippen LogP contribution in [0.15, 0.2) is 30.3 Å². The third kappa shape index (κ3) is 3.18. The minimum atomic E-state index is 0.0367. The van der Waals surface area contributed by atoms with Gasteiger partial charge in [-0.3, -0.25) is 0 Å².